The number of benzene rings is 2. The van der Waals surface area contributed by atoms with E-state index in [0.717, 1.165) is 12.1 Å². The molecule has 1 aromatic heterocycles. The first-order valence-corrected chi connectivity index (χ1v) is 7.80. The Bertz CT molecular complexity index is 934. The predicted molar refractivity (Wildman–Crippen MR) is 90.5 cm³/mol. The van der Waals surface area contributed by atoms with Crippen molar-refractivity contribution in [2.24, 2.45) is 0 Å². The number of anilines is 1. The highest BCUT2D eigenvalue weighted by molar-refractivity contribution is 6.30. The summed E-state index contributed by atoms with van der Waals surface area (Å²) in [5.41, 5.74) is 0.0907. The summed E-state index contributed by atoms with van der Waals surface area (Å²) in [5, 5.41) is 7.17. The molecule has 2 aromatic carbocycles. The molecule has 1 heterocycles. The SMILES string of the molecule is Cc1nc(C(=O)Nc2ccc(C(F)(F)F)cc2)nn1-c1ccc(Cl)cc1. The van der Waals surface area contributed by atoms with Crippen molar-refractivity contribution in [2.45, 2.75) is 13.1 Å². The predicted octanol–water partition coefficient (Wildman–Crippen LogP) is 4.50. The van der Waals surface area contributed by atoms with Crippen molar-refractivity contribution in [3.8, 4) is 5.69 Å². The summed E-state index contributed by atoms with van der Waals surface area (Å²) in [6.07, 6.45) is -4.43. The van der Waals surface area contributed by atoms with E-state index < -0.39 is 17.6 Å². The molecule has 0 saturated heterocycles. The van der Waals surface area contributed by atoms with Gasteiger partial charge in [0.15, 0.2) is 0 Å². The smallest absolute Gasteiger partial charge is 0.319 e. The van der Waals surface area contributed by atoms with Crippen molar-refractivity contribution in [2.75, 3.05) is 5.32 Å². The molecule has 0 unspecified atom stereocenters. The highest BCUT2D eigenvalue weighted by Gasteiger charge is 2.30. The Morgan fingerprint density at radius 2 is 1.69 bits per heavy atom. The van der Waals surface area contributed by atoms with Crippen LogP contribution in [0.4, 0.5) is 18.9 Å². The minimum absolute atomic E-state index is 0.0997. The van der Waals surface area contributed by atoms with Crippen molar-refractivity contribution in [1.29, 1.82) is 0 Å². The number of carbonyl (C=O) groups is 1. The Morgan fingerprint density at radius 3 is 2.27 bits per heavy atom. The largest absolute Gasteiger partial charge is 0.416 e. The van der Waals surface area contributed by atoms with Crippen LogP contribution in [0, 0.1) is 6.92 Å². The normalized spacial score (nSPS) is 11.4. The van der Waals surface area contributed by atoms with E-state index in [2.05, 4.69) is 15.4 Å². The summed E-state index contributed by atoms with van der Waals surface area (Å²) >= 11 is 5.84. The molecule has 26 heavy (non-hydrogen) atoms. The number of carbonyl (C=O) groups excluding carboxylic acids is 1. The Balaban J connectivity index is 1.78. The molecule has 1 amide bonds. The molecule has 3 rings (SSSR count). The van der Waals surface area contributed by atoms with E-state index in [1.807, 2.05) is 0 Å². The number of halogens is 4. The first-order chi connectivity index (χ1) is 12.2. The van der Waals surface area contributed by atoms with Crippen LogP contribution in [-0.2, 0) is 6.18 Å². The second-order valence-electron chi connectivity index (χ2n) is 5.40. The molecule has 0 aliphatic carbocycles. The van der Waals surface area contributed by atoms with Crippen LogP contribution in [0.1, 0.15) is 22.0 Å². The van der Waals surface area contributed by atoms with Crippen LogP contribution in [0.5, 0.6) is 0 Å². The van der Waals surface area contributed by atoms with E-state index in [1.54, 1.807) is 31.2 Å². The second kappa shape index (κ2) is 6.80. The number of hydrogen-bond donors (Lipinski definition) is 1. The number of nitrogens with zero attached hydrogens (tertiary/aromatic N) is 3. The summed E-state index contributed by atoms with van der Waals surface area (Å²) in [4.78, 5) is 16.3. The van der Waals surface area contributed by atoms with E-state index >= 15 is 0 Å². The molecule has 0 aliphatic rings. The summed E-state index contributed by atoms with van der Waals surface area (Å²) in [6, 6.07) is 10.9. The van der Waals surface area contributed by atoms with Gasteiger partial charge in [-0.2, -0.15) is 13.2 Å². The van der Waals surface area contributed by atoms with Crippen LogP contribution in [0.2, 0.25) is 5.02 Å². The molecule has 1 N–H and O–H groups in total. The maximum atomic E-state index is 12.6. The monoisotopic (exact) mass is 380 g/mol. The molecular formula is C17H12ClF3N4O. The van der Waals surface area contributed by atoms with E-state index in [1.165, 1.54) is 16.8 Å². The topological polar surface area (TPSA) is 59.8 Å². The fourth-order valence-corrected chi connectivity index (χ4v) is 2.37. The number of rotatable bonds is 3. The minimum Gasteiger partial charge on any atom is -0.319 e. The van der Waals surface area contributed by atoms with Crippen molar-refractivity contribution >= 4 is 23.2 Å². The van der Waals surface area contributed by atoms with Crippen LogP contribution in [0.15, 0.2) is 48.5 Å². The lowest BCUT2D eigenvalue weighted by atomic mass is 10.2. The molecule has 3 aromatic rings. The first kappa shape index (κ1) is 17.9. The zero-order chi connectivity index (χ0) is 18.9. The molecule has 0 spiro atoms. The number of alkyl halides is 3. The van der Waals surface area contributed by atoms with Gasteiger partial charge in [0.1, 0.15) is 5.82 Å². The van der Waals surface area contributed by atoms with Gasteiger partial charge in [-0.3, -0.25) is 4.79 Å². The fourth-order valence-electron chi connectivity index (χ4n) is 2.24. The zero-order valence-electron chi connectivity index (χ0n) is 13.4. The number of nitrogens with one attached hydrogen (secondary N) is 1. The molecule has 0 radical (unpaired) electrons. The van der Waals surface area contributed by atoms with E-state index in [9.17, 15) is 18.0 Å². The van der Waals surface area contributed by atoms with Crippen molar-refractivity contribution in [3.05, 3.63) is 70.8 Å². The molecule has 0 bridgehead atoms. The van der Waals surface area contributed by atoms with E-state index in [0.29, 0.717) is 16.5 Å². The van der Waals surface area contributed by atoms with Gasteiger partial charge in [0, 0.05) is 10.7 Å². The number of hydrogen-bond acceptors (Lipinski definition) is 3. The van der Waals surface area contributed by atoms with Crippen LogP contribution in [0.25, 0.3) is 5.69 Å². The lowest BCUT2D eigenvalue weighted by Gasteiger charge is -2.07. The van der Waals surface area contributed by atoms with Gasteiger partial charge in [-0.1, -0.05) is 11.6 Å². The summed E-state index contributed by atoms with van der Waals surface area (Å²) in [5.74, 6) is -0.247. The van der Waals surface area contributed by atoms with Gasteiger partial charge in [0.25, 0.3) is 5.91 Å². The number of aryl methyl sites for hydroxylation is 1. The molecule has 0 aliphatic heterocycles. The molecule has 0 atom stereocenters. The third-order valence-electron chi connectivity index (χ3n) is 3.51. The van der Waals surface area contributed by atoms with Crippen molar-refractivity contribution in [3.63, 3.8) is 0 Å². The van der Waals surface area contributed by atoms with Crippen molar-refractivity contribution < 1.29 is 18.0 Å². The van der Waals surface area contributed by atoms with Crippen LogP contribution < -0.4 is 5.32 Å². The van der Waals surface area contributed by atoms with E-state index in [-0.39, 0.29) is 11.5 Å². The first-order valence-electron chi connectivity index (χ1n) is 7.42. The standard InChI is InChI=1S/C17H12ClF3N4O/c1-10-22-15(24-25(10)14-8-4-12(18)5-9-14)16(26)23-13-6-2-11(3-7-13)17(19,20)21/h2-9H,1H3,(H,23,26). The van der Waals surface area contributed by atoms with Crippen LogP contribution in [0.3, 0.4) is 0 Å². The quantitative estimate of drug-likeness (QED) is 0.727. The minimum atomic E-state index is -4.43. The second-order valence-corrected chi connectivity index (χ2v) is 5.84. The highest BCUT2D eigenvalue weighted by atomic mass is 35.5. The Kier molecular flexibility index (Phi) is 4.69. The van der Waals surface area contributed by atoms with Crippen LogP contribution in [-0.4, -0.2) is 20.7 Å². The maximum absolute atomic E-state index is 12.6. The summed E-state index contributed by atoms with van der Waals surface area (Å²) in [6.45, 7) is 1.68. The Hall–Kier alpha value is -2.87. The molecular weight excluding hydrogens is 369 g/mol. The molecule has 9 heteroatoms. The third-order valence-corrected chi connectivity index (χ3v) is 3.77. The number of amides is 1. The van der Waals surface area contributed by atoms with Crippen molar-refractivity contribution in [1.82, 2.24) is 14.8 Å². The lowest BCUT2D eigenvalue weighted by molar-refractivity contribution is -0.137. The summed E-state index contributed by atoms with van der Waals surface area (Å²) < 4.78 is 39.2. The van der Waals surface area contributed by atoms with Gasteiger partial charge >= 0.3 is 6.18 Å². The molecule has 0 fully saturated rings. The van der Waals surface area contributed by atoms with Gasteiger partial charge < -0.3 is 5.32 Å². The molecule has 134 valence electrons. The Morgan fingerprint density at radius 1 is 1.08 bits per heavy atom. The van der Waals surface area contributed by atoms with Gasteiger partial charge in [-0.15, -0.1) is 5.10 Å². The van der Waals surface area contributed by atoms with Crippen LogP contribution >= 0.6 is 11.6 Å². The third kappa shape index (κ3) is 3.85. The van der Waals surface area contributed by atoms with Gasteiger partial charge in [0.2, 0.25) is 5.82 Å². The molecule has 0 saturated carbocycles. The summed E-state index contributed by atoms with van der Waals surface area (Å²) in [7, 11) is 0. The van der Waals surface area contributed by atoms with Gasteiger partial charge in [-0.25, -0.2) is 9.67 Å². The highest BCUT2D eigenvalue weighted by Crippen LogP contribution is 2.29. The fraction of sp³-hybridized carbons (Fsp3) is 0.118. The molecule has 5 nitrogen and oxygen atoms in total. The Labute approximate surface area is 151 Å². The number of aromatic nitrogens is 3. The average Bonchev–Trinajstić information content (AvgIpc) is 2.97. The van der Waals surface area contributed by atoms with Gasteiger partial charge in [-0.05, 0) is 55.5 Å². The zero-order valence-corrected chi connectivity index (χ0v) is 14.1. The average molecular weight is 381 g/mol. The lowest BCUT2D eigenvalue weighted by Crippen LogP contribution is -2.14. The van der Waals surface area contributed by atoms with E-state index in [4.69, 9.17) is 11.6 Å². The maximum Gasteiger partial charge on any atom is 0.416 e. The van der Waals surface area contributed by atoms with Gasteiger partial charge in [0.05, 0.1) is 11.3 Å².